The highest BCUT2D eigenvalue weighted by Crippen LogP contribution is 2.17. The molecule has 0 saturated heterocycles. The van der Waals surface area contributed by atoms with Gasteiger partial charge in [-0.2, -0.15) is 0 Å². The molecule has 2 unspecified atom stereocenters. The Hall–Kier alpha value is -1.24. The van der Waals surface area contributed by atoms with E-state index < -0.39 is 18.1 Å². The van der Waals surface area contributed by atoms with E-state index in [0.29, 0.717) is 0 Å². The van der Waals surface area contributed by atoms with Gasteiger partial charge in [0.2, 0.25) is 11.2 Å². The summed E-state index contributed by atoms with van der Waals surface area (Å²) in [4.78, 5) is 17.8. The molecular formula is C8H10ClN3O3. The molecule has 0 saturated carbocycles. The number of rotatable bonds is 4. The number of aliphatic hydroxyl groups excluding tert-OH is 2. The van der Waals surface area contributed by atoms with Crippen molar-refractivity contribution in [1.82, 2.24) is 9.97 Å². The molecule has 82 valence electrons. The second-order valence-corrected chi connectivity index (χ2v) is 3.31. The van der Waals surface area contributed by atoms with Gasteiger partial charge in [-0.15, -0.1) is 0 Å². The van der Waals surface area contributed by atoms with Gasteiger partial charge in [0.25, 0.3) is 0 Å². The molecule has 1 amide bonds. The molecule has 1 heterocycles. The van der Waals surface area contributed by atoms with Gasteiger partial charge in [-0.1, -0.05) is 0 Å². The van der Waals surface area contributed by atoms with E-state index in [0.717, 1.165) is 0 Å². The first kappa shape index (κ1) is 11.8. The second-order valence-electron chi connectivity index (χ2n) is 2.97. The first-order valence-corrected chi connectivity index (χ1v) is 4.50. The van der Waals surface area contributed by atoms with Crippen LogP contribution < -0.4 is 5.73 Å². The van der Waals surface area contributed by atoms with Crippen LogP contribution in [0.4, 0.5) is 0 Å². The van der Waals surface area contributed by atoms with Gasteiger partial charge in [-0.3, -0.25) is 4.79 Å². The van der Waals surface area contributed by atoms with Gasteiger partial charge in [0.1, 0.15) is 6.10 Å². The number of carbonyl (C=O) groups excluding carboxylic acids is 1. The number of hydrogen-bond donors (Lipinski definition) is 3. The van der Waals surface area contributed by atoms with Crippen molar-refractivity contribution in [3.05, 3.63) is 23.2 Å². The van der Waals surface area contributed by atoms with Crippen LogP contribution in [0.1, 0.15) is 18.1 Å². The van der Waals surface area contributed by atoms with Crippen molar-refractivity contribution < 1.29 is 15.0 Å². The molecule has 7 heteroatoms. The van der Waals surface area contributed by atoms with Crippen LogP contribution in [-0.2, 0) is 4.79 Å². The molecule has 0 aliphatic carbocycles. The van der Waals surface area contributed by atoms with Crippen molar-refractivity contribution in [2.45, 2.75) is 18.6 Å². The number of halogens is 1. The molecule has 0 radical (unpaired) electrons. The largest absolute Gasteiger partial charge is 0.390 e. The Morgan fingerprint density at radius 1 is 1.47 bits per heavy atom. The number of hydrogen-bond acceptors (Lipinski definition) is 5. The predicted molar refractivity (Wildman–Crippen MR) is 51.8 cm³/mol. The average Bonchev–Trinajstić information content (AvgIpc) is 2.17. The molecule has 0 aliphatic heterocycles. The number of nitrogens with two attached hydrogens (primary N) is 1. The molecular weight excluding hydrogens is 222 g/mol. The van der Waals surface area contributed by atoms with Crippen molar-refractivity contribution in [3.8, 4) is 0 Å². The van der Waals surface area contributed by atoms with E-state index in [2.05, 4.69) is 9.97 Å². The van der Waals surface area contributed by atoms with Gasteiger partial charge in [0.05, 0.1) is 12.5 Å². The molecule has 0 spiro atoms. The number of nitrogens with zero attached hydrogens (tertiary/aromatic N) is 2. The Morgan fingerprint density at radius 2 is 2.00 bits per heavy atom. The van der Waals surface area contributed by atoms with E-state index in [-0.39, 0.29) is 17.3 Å². The van der Waals surface area contributed by atoms with Crippen LogP contribution in [0.5, 0.6) is 0 Å². The van der Waals surface area contributed by atoms with Gasteiger partial charge < -0.3 is 15.9 Å². The number of aromatic nitrogens is 2. The Kier molecular flexibility index (Phi) is 3.96. The van der Waals surface area contributed by atoms with Gasteiger partial charge in [-0.05, 0) is 11.6 Å². The fourth-order valence-corrected chi connectivity index (χ4v) is 1.11. The molecule has 2 atom stereocenters. The Morgan fingerprint density at radius 3 is 2.47 bits per heavy atom. The summed E-state index contributed by atoms with van der Waals surface area (Å²) in [5.41, 5.74) is 5.14. The maximum absolute atomic E-state index is 10.5. The van der Waals surface area contributed by atoms with Gasteiger partial charge >= 0.3 is 0 Å². The summed E-state index contributed by atoms with van der Waals surface area (Å²) in [7, 11) is 0. The van der Waals surface area contributed by atoms with Crippen LogP contribution >= 0.6 is 11.6 Å². The molecule has 0 aromatic carbocycles. The minimum atomic E-state index is -1.27. The quantitative estimate of drug-likeness (QED) is 0.600. The second kappa shape index (κ2) is 5.01. The lowest BCUT2D eigenvalue weighted by Crippen LogP contribution is -2.25. The minimum Gasteiger partial charge on any atom is -0.390 e. The number of primary amides is 1. The zero-order chi connectivity index (χ0) is 11.4. The highest BCUT2D eigenvalue weighted by atomic mass is 35.5. The zero-order valence-electron chi connectivity index (χ0n) is 7.67. The number of carbonyl (C=O) groups is 1. The third kappa shape index (κ3) is 3.43. The summed E-state index contributed by atoms with van der Waals surface area (Å²) in [5.74, 6) is -0.698. The normalized spacial score (nSPS) is 14.6. The minimum absolute atomic E-state index is 0.0374. The Balaban J connectivity index is 2.71. The summed E-state index contributed by atoms with van der Waals surface area (Å²) < 4.78 is 0. The Labute approximate surface area is 90.7 Å². The highest BCUT2D eigenvalue weighted by molar-refractivity contribution is 6.28. The van der Waals surface area contributed by atoms with Crippen LogP contribution in [-0.4, -0.2) is 32.2 Å². The molecule has 4 N–H and O–H groups in total. The molecule has 1 aromatic rings. The lowest BCUT2D eigenvalue weighted by molar-refractivity contribution is -0.121. The average molecular weight is 232 g/mol. The van der Waals surface area contributed by atoms with E-state index in [9.17, 15) is 15.0 Å². The maximum Gasteiger partial charge on any atom is 0.222 e. The Bertz CT molecular complexity index is 343. The van der Waals surface area contributed by atoms with Gasteiger partial charge in [-0.25, -0.2) is 9.97 Å². The lowest BCUT2D eigenvalue weighted by Gasteiger charge is -2.15. The van der Waals surface area contributed by atoms with Crippen LogP contribution in [0.25, 0.3) is 0 Å². The molecule has 1 aromatic heterocycles. The van der Waals surface area contributed by atoms with E-state index >= 15 is 0 Å². The van der Waals surface area contributed by atoms with E-state index in [1.54, 1.807) is 0 Å². The first-order chi connectivity index (χ1) is 7.00. The fraction of sp³-hybridized carbons (Fsp3) is 0.375. The summed E-state index contributed by atoms with van der Waals surface area (Å²) in [6.07, 6.45) is -0.319. The molecule has 0 fully saturated rings. The van der Waals surface area contributed by atoms with Crippen molar-refractivity contribution in [2.24, 2.45) is 5.73 Å². The van der Waals surface area contributed by atoms with Crippen LogP contribution in [0.3, 0.4) is 0 Å². The van der Waals surface area contributed by atoms with Crippen LogP contribution in [0, 0.1) is 0 Å². The lowest BCUT2D eigenvalue weighted by atomic mass is 10.1. The van der Waals surface area contributed by atoms with E-state index in [4.69, 9.17) is 17.3 Å². The van der Waals surface area contributed by atoms with E-state index in [1.165, 1.54) is 12.4 Å². The van der Waals surface area contributed by atoms with E-state index in [1.807, 2.05) is 0 Å². The van der Waals surface area contributed by atoms with Gasteiger partial charge in [0.15, 0.2) is 0 Å². The zero-order valence-corrected chi connectivity index (χ0v) is 8.42. The number of amides is 1. The standard InChI is InChI=1S/C8H10ClN3O3/c9-8-11-2-4(3-12-8)7(15)5(13)1-6(10)14/h2-3,5,7,13,15H,1H2,(H2,10,14). The van der Waals surface area contributed by atoms with Gasteiger partial charge in [0, 0.05) is 18.0 Å². The maximum atomic E-state index is 10.5. The first-order valence-electron chi connectivity index (χ1n) is 4.12. The number of aliphatic hydroxyl groups is 2. The summed E-state index contributed by atoms with van der Waals surface area (Å²) in [6.45, 7) is 0. The van der Waals surface area contributed by atoms with Crippen molar-refractivity contribution >= 4 is 17.5 Å². The van der Waals surface area contributed by atoms with Crippen molar-refractivity contribution in [2.75, 3.05) is 0 Å². The summed E-state index contributed by atoms with van der Waals surface area (Å²) in [6, 6.07) is 0. The van der Waals surface area contributed by atoms with Crippen LogP contribution in [0.2, 0.25) is 5.28 Å². The molecule has 15 heavy (non-hydrogen) atoms. The molecule has 6 nitrogen and oxygen atoms in total. The molecule has 0 bridgehead atoms. The summed E-state index contributed by atoms with van der Waals surface area (Å²) >= 11 is 5.44. The third-order valence-corrected chi connectivity index (χ3v) is 1.95. The molecule has 1 rings (SSSR count). The topological polar surface area (TPSA) is 109 Å². The monoisotopic (exact) mass is 231 g/mol. The van der Waals surface area contributed by atoms with Crippen LogP contribution in [0.15, 0.2) is 12.4 Å². The molecule has 0 aliphatic rings. The van der Waals surface area contributed by atoms with Crippen molar-refractivity contribution in [1.29, 1.82) is 0 Å². The van der Waals surface area contributed by atoms with Crippen molar-refractivity contribution in [3.63, 3.8) is 0 Å². The predicted octanol–water partition coefficient (Wildman–Crippen LogP) is -0.600. The highest BCUT2D eigenvalue weighted by Gasteiger charge is 2.20. The SMILES string of the molecule is NC(=O)CC(O)C(O)c1cnc(Cl)nc1. The smallest absolute Gasteiger partial charge is 0.222 e. The fourth-order valence-electron chi connectivity index (χ4n) is 1.01. The third-order valence-electron chi connectivity index (χ3n) is 1.76. The summed E-state index contributed by atoms with van der Waals surface area (Å²) in [5, 5.41) is 19.0.